The summed E-state index contributed by atoms with van der Waals surface area (Å²) in [5, 5.41) is 11.2. The summed E-state index contributed by atoms with van der Waals surface area (Å²) < 4.78 is 40.4. The number of halogens is 3. The molecule has 1 aromatic carbocycles. The van der Waals surface area contributed by atoms with E-state index in [0.29, 0.717) is 0 Å². The van der Waals surface area contributed by atoms with Gasteiger partial charge in [-0.25, -0.2) is 4.79 Å². The van der Waals surface area contributed by atoms with Crippen molar-refractivity contribution in [1.82, 2.24) is 5.32 Å². The Morgan fingerprint density at radius 1 is 1.19 bits per heavy atom. The summed E-state index contributed by atoms with van der Waals surface area (Å²) in [6.45, 7) is 1.20. The largest absolute Gasteiger partial charge is 0.484 e. The summed E-state index contributed by atoms with van der Waals surface area (Å²) in [5.41, 5.74) is -1.34. The van der Waals surface area contributed by atoms with E-state index in [1.165, 1.54) is 38.1 Å². The number of benzene rings is 1. The lowest BCUT2D eigenvalue weighted by Crippen LogP contribution is -2.49. The van der Waals surface area contributed by atoms with Crippen molar-refractivity contribution in [2.75, 3.05) is 6.61 Å². The fraction of sp³-hybridized carbons (Fsp3) is 0.385. The molecule has 0 unspecified atom stereocenters. The second kappa shape index (κ2) is 6.02. The van der Waals surface area contributed by atoms with Gasteiger partial charge in [-0.05, 0) is 38.1 Å². The normalized spacial score (nSPS) is 11.9. The first-order chi connectivity index (χ1) is 9.51. The van der Waals surface area contributed by atoms with Crippen LogP contribution in [0.25, 0.3) is 0 Å². The number of aliphatic carboxylic acids is 1. The van der Waals surface area contributed by atoms with Gasteiger partial charge >= 0.3 is 12.1 Å². The summed E-state index contributed by atoms with van der Waals surface area (Å²) in [4.78, 5) is 22.7. The van der Waals surface area contributed by atoms with E-state index in [1.807, 2.05) is 0 Å². The molecule has 0 spiro atoms. The number of amides is 1. The molecule has 1 rings (SSSR count). The molecule has 0 saturated carbocycles. The van der Waals surface area contributed by atoms with Gasteiger partial charge in [0.25, 0.3) is 5.91 Å². The Hall–Kier alpha value is -2.25. The predicted molar refractivity (Wildman–Crippen MR) is 67.2 cm³/mol. The minimum atomic E-state index is -4.44. The molecule has 0 heterocycles. The number of hydrogen-bond donors (Lipinski definition) is 2. The second-order valence-corrected chi connectivity index (χ2v) is 4.81. The number of carboxylic acid groups (broad SMARTS) is 1. The SMILES string of the molecule is CC(C)(NC(=O)c1ccc(OCC(F)(F)F)cc1)C(=O)O. The van der Waals surface area contributed by atoms with Crippen molar-refractivity contribution >= 4 is 11.9 Å². The third-order valence-corrected chi connectivity index (χ3v) is 2.48. The highest BCUT2D eigenvalue weighted by molar-refractivity contribution is 5.97. The van der Waals surface area contributed by atoms with Crippen LogP contribution in [0.4, 0.5) is 13.2 Å². The molecule has 0 aliphatic carbocycles. The number of carboxylic acids is 1. The Kier molecular flexibility index (Phi) is 4.82. The highest BCUT2D eigenvalue weighted by atomic mass is 19.4. The maximum absolute atomic E-state index is 12.0. The quantitative estimate of drug-likeness (QED) is 0.874. The van der Waals surface area contributed by atoms with Crippen LogP contribution in [0.1, 0.15) is 24.2 Å². The highest BCUT2D eigenvalue weighted by Gasteiger charge is 2.30. The van der Waals surface area contributed by atoms with Gasteiger partial charge < -0.3 is 15.2 Å². The molecule has 0 fully saturated rings. The maximum Gasteiger partial charge on any atom is 0.422 e. The van der Waals surface area contributed by atoms with Crippen LogP contribution in [0, 0.1) is 0 Å². The number of carbonyl (C=O) groups excluding carboxylic acids is 1. The smallest absolute Gasteiger partial charge is 0.422 e. The predicted octanol–water partition coefficient (Wildman–Crippen LogP) is 2.22. The lowest BCUT2D eigenvalue weighted by molar-refractivity contribution is -0.153. The summed E-state index contributed by atoms with van der Waals surface area (Å²) in [7, 11) is 0. The number of nitrogens with one attached hydrogen (secondary N) is 1. The van der Waals surface area contributed by atoms with Crippen molar-refractivity contribution in [3.63, 3.8) is 0 Å². The van der Waals surface area contributed by atoms with E-state index in [9.17, 15) is 22.8 Å². The van der Waals surface area contributed by atoms with Gasteiger partial charge in [-0.1, -0.05) is 0 Å². The lowest BCUT2D eigenvalue weighted by atomic mass is 10.1. The molecule has 0 aliphatic heterocycles. The molecule has 0 aromatic heterocycles. The van der Waals surface area contributed by atoms with E-state index in [2.05, 4.69) is 10.1 Å². The zero-order chi connectivity index (χ0) is 16.3. The van der Waals surface area contributed by atoms with E-state index in [-0.39, 0.29) is 11.3 Å². The van der Waals surface area contributed by atoms with Gasteiger partial charge in [-0.3, -0.25) is 4.79 Å². The highest BCUT2D eigenvalue weighted by Crippen LogP contribution is 2.19. The zero-order valence-electron chi connectivity index (χ0n) is 11.3. The molecule has 0 bridgehead atoms. The molecule has 116 valence electrons. The van der Waals surface area contributed by atoms with Crippen molar-refractivity contribution in [3.8, 4) is 5.75 Å². The van der Waals surface area contributed by atoms with Gasteiger partial charge in [0.15, 0.2) is 6.61 Å². The van der Waals surface area contributed by atoms with E-state index >= 15 is 0 Å². The van der Waals surface area contributed by atoms with E-state index in [0.717, 1.165) is 0 Å². The number of rotatable bonds is 5. The lowest BCUT2D eigenvalue weighted by Gasteiger charge is -2.21. The van der Waals surface area contributed by atoms with Gasteiger partial charge in [0.2, 0.25) is 0 Å². The summed E-state index contributed by atoms with van der Waals surface area (Å²) in [6.07, 6.45) is -4.44. The molecular formula is C13H14F3NO4. The van der Waals surface area contributed by atoms with Crippen LogP contribution in [0.5, 0.6) is 5.75 Å². The summed E-state index contributed by atoms with van der Waals surface area (Å²) >= 11 is 0. The van der Waals surface area contributed by atoms with E-state index in [4.69, 9.17) is 5.11 Å². The van der Waals surface area contributed by atoms with Crippen LogP contribution in [-0.2, 0) is 4.79 Å². The fourth-order valence-electron chi connectivity index (χ4n) is 1.28. The first kappa shape index (κ1) is 16.8. The van der Waals surface area contributed by atoms with E-state index < -0.39 is 30.2 Å². The van der Waals surface area contributed by atoms with E-state index in [1.54, 1.807) is 0 Å². The van der Waals surface area contributed by atoms with Crippen LogP contribution >= 0.6 is 0 Å². The van der Waals surface area contributed by atoms with Crippen LogP contribution in [-0.4, -0.2) is 35.3 Å². The summed E-state index contributed by atoms with van der Waals surface area (Å²) in [5.74, 6) is -1.90. The molecule has 8 heteroatoms. The third kappa shape index (κ3) is 5.33. The van der Waals surface area contributed by atoms with Crippen molar-refractivity contribution in [2.24, 2.45) is 0 Å². The van der Waals surface area contributed by atoms with Crippen LogP contribution < -0.4 is 10.1 Å². The fourth-order valence-corrected chi connectivity index (χ4v) is 1.28. The van der Waals surface area contributed by atoms with Gasteiger partial charge in [-0.15, -0.1) is 0 Å². The van der Waals surface area contributed by atoms with Gasteiger partial charge in [-0.2, -0.15) is 13.2 Å². The minimum Gasteiger partial charge on any atom is -0.484 e. The van der Waals surface area contributed by atoms with Crippen molar-refractivity contribution in [1.29, 1.82) is 0 Å². The first-order valence-electron chi connectivity index (χ1n) is 5.87. The van der Waals surface area contributed by atoms with Crippen molar-refractivity contribution in [3.05, 3.63) is 29.8 Å². The molecule has 0 radical (unpaired) electrons. The average molecular weight is 305 g/mol. The summed E-state index contributed by atoms with van der Waals surface area (Å²) in [6, 6.07) is 4.90. The molecule has 1 amide bonds. The van der Waals surface area contributed by atoms with Gasteiger partial charge in [0.1, 0.15) is 11.3 Å². The topological polar surface area (TPSA) is 75.6 Å². The molecule has 0 atom stereocenters. The number of carbonyl (C=O) groups is 2. The minimum absolute atomic E-state index is 0.0404. The molecular weight excluding hydrogens is 291 g/mol. The Labute approximate surface area is 118 Å². The maximum atomic E-state index is 12.0. The van der Waals surface area contributed by atoms with Gasteiger partial charge in [0, 0.05) is 5.56 Å². The average Bonchev–Trinajstić information content (AvgIpc) is 2.35. The first-order valence-corrected chi connectivity index (χ1v) is 5.87. The molecule has 21 heavy (non-hydrogen) atoms. The third-order valence-electron chi connectivity index (χ3n) is 2.48. The Morgan fingerprint density at radius 3 is 2.14 bits per heavy atom. The van der Waals surface area contributed by atoms with Crippen molar-refractivity contribution < 1.29 is 32.6 Å². The molecule has 5 nitrogen and oxygen atoms in total. The monoisotopic (exact) mass is 305 g/mol. The molecule has 1 aromatic rings. The Balaban J connectivity index is 2.70. The zero-order valence-corrected chi connectivity index (χ0v) is 11.3. The Morgan fingerprint density at radius 2 is 1.71 bits per heavy atom. The second-order valence-electron chi connectivity index (χ2n) is 4.81. The van der Waals surface area contributed by atoms with Crippen LogP contribution in [0.3, 0.4) is 0 Å². The van der Waals surface area contributed by atoms with Crippen molar-refractivity contribution in [2.45, 2.75) is 25.6 Å². The molecule has 0 saturated heterocycles. The molecule has 0 aliphatic rings. The van der Waals surface area contributed by atoms with Crippen LogP contribution in [0.15, 0.2) is 24.3 Å². The van der Waals surface area contributed by atoms with Gasteiger partial charge in [0.05, 0.1) is 0 Å². The number of alkyl halides is 3. The van der Waals surface area contributed by atoms with Crippen LogP contribution in [0.2, 0.25) is 0 Å². The Bertz CT molecular complexity index is 523. The number of ether oxygens (including phenoxy) is 1. The standard InChI is InChI=1S/C13H14F3NO4/c1-12(2,11(19)20)17-10(18)8-3-5-9(6-4-8)21-7-13(14,15)16/h3-6H,7H2,1-2H3,(H,17,18)(H,19,20). The molecule has 2 N–H and O–H groups in total. The number of hydrogen-bond acceptors (Lipinski definition) is 3.